The molecule has 8 heteroatoms. The largest absolute Gasteiger partial charge is 0.359 e. The number of hydrazine groups is 1. The lowest BCUT2D eigenvalue weighted by atomic mass is 10.0. The number of rotatable bonds is 7. The molecule has 0 aliphatic rings. The summed E-state index contributed by atoms with van der Waals surface area (Å²) in [6.45, 7) is -0.276. The van der Waals surface area contributed by atoms with Gasteiger partial charge in [0, 0.05) is 11.8 Å². The smallest absolute Gasteiger partial charge is 0.269 e. The van der Waals surface area contributed by atoms with Crippen molar-refractivity contribution in [1.29, 1.82) is 0 Å². The molecule has 3 rings (SSSR count). The number of sulfone groups is 1. The molecular weight excluding hydrogens is 416 g/mol. The molecule has 0 aromatic heterocycles. The van der Waals surface area contributed by atoms with E-state index < -0.39 is 27.8 Å². The average Bonchev–Trinajstić information content (AvgIpc) is 2.78. The summed E-state index contributed by atoms with van der Waals surface area (Å²) < 4.78 is 28.8. The Kier molecular flexibility index (Phi) is 7.17. The van der Waals surface area contributed by atoms with Crippen LogP contribution in [0.2, 0.25) is 0 Å². The fourth-order valence-electron chi connectivity index (χ4n) is 2.89. The van der Waals surface area contributed by atoms with E-state index in [4.69, 9.17) is 4.74 Å². The molecule has 0 atom stereocenters. The third-order valence-electron chi connectivity index (χ3n) is 4.45. The molecule has 0 bridgehead atoms. The molecule has 0 heterocycles. The Labute approximate surface area is 181 Å². The average molecular weight is 439 g/mol. The van der Waals surface area contributed by atoms with Gasteiger partial charge in [-0.2, -0.15) is 0 Å². The molecule has 0 radical (unpaired) electrons. The van der Waals surface area contributed by atoms with Crippen molar-refractivity contribution in [3.63, 3.8) is 0 Å². The standard InChI is InChI=1S/C23H22N2O5S/c1-31(28,29)20-14-12-19(13-15-20)23(27)25-24-21(26)16-30-22(17-8-4-2-5-9-17)18-10-6-3-7-11-18/h2-15,22H,16H2,1H3,(H,24,26)(H,25,27). The lowest BCUT2D eigenvalue weighted by Gasteiger charge is -2.19. The van der Waals surface area contributed by atoms with Crippen molar-refractivity contribution < 1.29 is 22.7 Å². The monoisotopic (exact) mass is 438 g/mol. The highest BCUT2D eigenvalue weighted by Crippen LogP contribution is 2.25. The molecule has 0 aliphatic carbocycles. The summed E-state index contributed by atoms with van der Waals surface area (Å²) in [4.78, 5) is 24.5. The van der Waals surface area contributed by atoms with Gasteiger partial charge in [0.1, 0.15) is 12.7 Å². The number of carbonyl (C=O) groups is 2. The molecule has 0 unspecified atom stereocenters. The number of amides is 2. The van der Waals surface area contributed by atoms with E-state index in [-0.39, 0.29) is 17.1 Å². The fourth-order valence-corrected chi connectivity index (χ4v) is 3.52. The van der Waals surface area contributed by atoms with Crippen LogP contribution in [-0.4, -0.2) is 33.1 Å². The first-order valence-electron chi connectivity index (χ1n) is 9.45. The zero-order valence-electron chi connectivity index (χ0n) is 16.8. The summed E-state index contributed by atoms with van der Waals surface area (Å²) in [5.41, 5.74) is 6.60. The van der Waals surface area contributed by atoms with E-state index in [0.717, 1.165) is 17.4 Å². The van der Waals surface area contributed by atoms with Crippen LogP contribution in [-0.2, 0) is 19.4 Å². The third kappa shape index (κ3) is 6.24. The van der Waals surface area contributed by atoms with Crippen LogP contribution in [0.3, 0.4) is 0 Å². The number of hydrogen-bond donors (Lipinski definition) is 2. The molecule has 0 aliphatic heterocycles. The maximum atomic E-state index is 12.2. The van der Waals surface area contributed by atoms with Crippen molar-refractivity contribution >= 4 is 21.7 Å². The predicted octanol–water partition coefficient (Wildman–Crippen LogP) is 2.66. The molecule has 7 nitrogen and oxygen atoms in total. The topological polar surface area (TPSA) is 102 Å². The van der Waals surface area contributed by atoms with Crippen LogP contribution in [0.5, 0.6) is 0 Å². The molecule has 0 spiro atoms. The van der Waals surface area contributed by atoms with E-state index in [0.29, 0.717) is 0 Å². The summed E-state index contributed by atoms with van der Waals surface area (Å²) in [5, 5.41) is 0. The van der Waals surface area contributed by atoms with Crippen molar-refractivity contribution in [3.8, 4) is 0 Å². The number of ether oxygens (including phenoxy) is 1. The second kappa shape index (κ2) is 10.0. The molecular formula is C23H22N2O5S. The normalized spacial score (nSPS) is 11.2. The van der Waals surface area contributed by atoms with Crippen molar-refractivity contribution in [3.05, 3.63) is 102 Å². The van der Waals surface area contributed by atoms with Gasteiger partial charge in [0.05, 0.1) is 4.90 Å². The minimum Gasteiger partial charge on any atom is -0.359 e. The SMILES string of the molecule is CS(=O)(=O)c1ccc(C(=O)NNC(=O)COC(c2ccccc2)c2ccccc2)cc1. The summed E-state index contributed by atoms with van der Waals surface area (Å²) in [5.74, 6) is -1.10. The van der Waals surface area contributed by atoms with Crippen LogP contribution in [0.25, 0.3) is 0 Å². The molecule has 2 amide bonds. The lowest BCUT2D eigenvalue weighted by Crippen LogP contribution is -2.43. The summed E-state index contributed by atoms with van der Waals surface area (Å²) >= 11 is 0. The quantitative estimate of drug-likeness (QED) is 0.552. The van der Waals surface area contributed by atoms with Gasteiger partial charge in [0.2, 0.25) is 0 Å². The molecule has 0 saturated carbocycles. The lowest BCUT2D eigenvalue weighted by molar-refractivity contribution is -0.127. The van der Waals surface area contributed by atoms with Crippen molar-refractivity contribution in [2.24, 2.45) is 0 Å². The third-order valence-corrected chi connectivity index (χ3v) is 5.57. The van der Waals surface area contributed by atoms with Crippen LogP contribution in [0.15, 0.2) is 89.8 Å². The Hall–Kier alpha value is -3.49. The van der Waals surface area contributed by atoms with Crippen LogP contribution >= 0.6 is 0 Å². The van der Waals surface area contributed by atoms with Gasteiger partial charge in [-0.1, -0.05) is 60.7 Å². The molecule has 160 valence electrons. The Balaban J connectivity index is 1.57. The second-order valence-electron chi connectivity index (χ2n) is 6.81. The van der Waals surface area contributed by atoms with E-state index in [2.05, 4.69) is 10.9 Å². The van der Waals surface area contributed by atoms with E-state index in [1.54, 1.807) is 0 Å². The van der Waals surface area contributed by atoms with Crippen LogP contribution in [0.1, 0.15) is 27.6 Å². The molecule has 0 fully saturated rings. The van der Waals surface area contributed by atoms with Gasteiger partial charge in [0.15, 0.2) is 9.84 Å². The molecule has 31 heavy (non-hydrogen) atoms. The molecule has 3 aromatic carbocycles. The maximum absolute atomic E-state index is 12.2. The van der Waals surface area contributed by atoms with E-state index in [9.17, 15) is 18.0 Å². The van der Waals surface area contributed by atoms with Crippen LogP contribution in [0.4, 0.5) is 0 Å². The van der Waals surface area contributed by atoms with Gasteiger partial charge in [-0.25, -0.2) is 8.42 Å². The summed E-state index contributed by atoms with van der Waals surface area (Å²) in [7, 11) is -3.35. The zero-order chi connectivity index (χ0) is 22.3. The van der Waals surface area contributed by atoms with Gasteiger partial charge in [-0.15, -0.1) is 0 Å². The minimum absolute atomic E-state index is 0.106. The van der Waals surface area contributed by atoms with Gasteiger partial charge in [-0.3, -0.25) is 20.4 Å². The number of hydrogen-bond acceptors (Lipinski definition) is 5. The van der Waals surface area contributed by atoms with Gasteiger partial charge < -0.3 is 4.74 Å². The fraction of sp³-hybridized carbons (Fsp3) is 0.130. The Morgan fingerprint density at radius 1 is 0.806 bits per heavy atom. The van der Waals surface area contributed by atoms with E-state index >= 15 is 0 Å². The summed E-state index contributed by atoms with van der Waals surface area (Å²) in [6, 6.07) is 24.4. The second-order valence-corrected chi connectivity index (χ2v) is 8.83. The number of carbonyl (C=O) groups excluding carboxylic acids is 2. The highest BCUT2D eigenvalue weighted by molar-refractivity contribution is 7.90. The molecule has 0 saturated heterocycles. The Bertz CT molecular complexity index is 1090. The number of benzene rings is 3. The Morgan fingerprint density at radius 2 is 1.32 bits per heavy atom. The number of nitrogens with one attached hydrogen (secondary N) is 2. The van der Waals surface area contributed by atoms with Crippen molar-refractivity contribution in [1.82, 2.24) is 10.9 Å². The zero-order valence-corrected chi connectivity index (χ0v) is 17.6. The molecule has 2 N–H and O–H groups in total. The van der Waals surface area contributed by atoms with Crippen LogP contribution < -0.4 is 10.9 Å². The predicted molar refractivity (Wildman–Crippen MR) is 116 cm³/mol. The first-order valence-corrected chi connectivity index (χ1v) is 11.3. The van der Waals surface area contributed by atoms with Crippen LogP contribution in [0, 0.1) is 0 Å². The van der Waals surface area contributed by atoms with E-state index in [1.165, 1.54) is 24.3 Å². The van der Waals surface area contributed by atoms with Gasteiger partial charge >= 0.3 is 0 Å². The Morgan fingerprint density at radius 3 is 1.81 bits per heavy atom. The van der Waals surface area contributed by atoms with Gasteiger partial charge in [0.25, 0.3) is 11.8 Å². The maximum Gasteiger partial charge on any atom is 0.269 e. The summed E-state index contributed by atoms with van der Waals surface area (Å²) in [6.07, 6.45) is 0.646. The van der Waals surface area contributed by atoms with Crippen molar-refractivity contribution in [2.45, 2.75) is 11.0 Å². The first-order chi connectivity index (χ1) is 14.8. The van der Waals surface area contributed by atoms with E-state index in [1.807, 2.05) is 60.7 Å². The highest BCUT2D eigenvalue weighted by Gasteiger charge is 2.17. The molecule has 3 aromatic rings. The minimum atomic E-state index is -3.35. The first kappa shape index (κ1) is 22.2. The van der Waals surface area contributed by atoms with Crippen molar-refractivity contribution in [2.75, 3.05) is 12.9 Å². The highest BCUT2D eigenvalue weighted by atomic mass is 32.2. The van der Waals surface area contributed by atoms with Gasteiger partial charge in [-0.05, 0) is 35.4 Å².